The maximum Gasteiger partial charge on any atom is 0.230 e. The van der Waals surface area contributed by atoms with E-state index >= 15 is 0 Å². The first-order valence-electron chi connectivity index (χ1n) is 10.5. The van der Waals surface area contributed by atoms with E-state index in [1.54, 1.807) is 49.5 Å². The first-order valence-corrected chi connectivity index (χ1v) is 12.1. The molecule has 1 amide bonds. The number of amides is 1. The molecule has 1 atom stereocenters. The number of ketones is 1. The molecule has 0 aromatic heterocycles. The van der Waals surface area contributed by atoms with Crippen LogP contribution in [0.15, 0.2) is 83.8 Å². The van der Waals surface area contributed by atoms with E-state index < -0.39 is 15.6 Å². The van der Waals surface area contributed by atoms with Crippen molar-refractivity contribution in [3.05, 3.63) is 90.0 Å². The molecule has 6 nitrogen and oxygen atoms in total. The van der Waals surface area contributed by atoms with Crippen molar-refractivity contribution in [2.75, 3.05) is 13.7 Å². The highest BCUT2D eigenvalue weighted by molar-refractivity contribution is 7.90. The van der Waals surface area contributed by atoms with Gasteiger partial charge in [0.15, 0.2) is 21.3 Å². The first kappa shape index (κ1) is 22.2. The molecule has 166 valence electrons. The molecular formula is C25H25NO5S. The van der Waals surface area contributed by atoms with Crippen molar-refractivity contribution in [3.63, 3.8) is 0 Å². The van der Waals surface area contributed by atoms with Gasteiger partial charge < -0.3 is 9.64 Å². The van der Waals surface area contributed by atoms with Crippen molar-refractivity contribution in [1.29, 1.82) is 0 Å². The van der Waals surface area contributed by atoms with E-state index in [2.05, 4.69) is 0 Å². The van der Waals surface area contributed by atoms with Gasteiger partial charge in [-0.3, -0.25) is 9.59 Å². The number of carbonyl (C=O) groups excluding carboxylic acids is 2. The molecule has 0 N–H and O–H groups in total. The lowest BCUT2D eigenvalue weighted by Crippen LogP contribution is -2.57. The highest BCUT2D eigenvalue weighted by Crippen LogP contribution is 2.32. The highest BCUT2D eigenvalue weighted by Gasteiger charge is 2.43. The topological polar surface area (TPSA) is 80.8 Å². The summed E-state index contributed by atoms with van der Waals surface area (Å²) in [6.07, 6.45) is 7.13. The van der Waals surface area contributed by atoms with Crippen LogP contribution in [-0.4, -0.2) is 44.4 Å². The van der Waals surface area contributed by atoms with E-state index in [4.69, 9.17) is 4.74 Å². The summed E-state index contributed by atoms with van der Waals surface area (Å²) in [6, 6.07) is 15.9. The number of hydrogen-bond donors (Lipinski definition) is 0. The third-order valence-corrected chi connectivity index (χ3v) is 7.70. The standard InChI is InChI=1S/C25H25NO5S/c1-26-24(28)20(17-31-25(26)15-13-22(27)14-16-25)12-11-19-7-5-6-8-21(19)18-32(29,30)23-9-3-2-4-10-23/h2-10,13-16,20H,11-12,17-18H2,1H3. The molecule has 1 fully saturated rings. The Morgan fingerprint density at radius 1 is 0.969 bits per heavy atom. The number of nitrogens with zero attached hydrogens (tertiary/aromatic N) is 1. The molecule has 2 aliphatic rings. The van der Waals surface area contributed by atoms with Crippen LogP contribution >= 0.6 is 0 Å². The SMILES string of the molecule is CN1C(=O)C(CCc2ccccc2CS(=O)(=O)c2ccccc2)COC12C=CC(=O)C=C2. The van der Waals surface area contributed by atoms with Crippen LogP contribution in [0.1, 0.15) is 17.5 Å². The van der Waals surface area contributed by atoms with Gasteiger partial charge >= 0.3 is 0 Å². The molecule has 2 aromatic rings. The highest BCUT2D eigenvalue weighted by atomic mass is 32.2. The van der Waals surface area contributed by atoms with Gasteiger partial charge in [-0.05, 0) is 60.4 Å². The van der Waals surface area contributed by atoms with Gasteiger partial charge in [0, 0.05) is 7.05 Å². The third-order valence-electron chi connectivity index (χ3n) is 6.02. The Balaban J connectivity index is 1.45. The van der Waals surface area contributed by atoms with Crippen molar-refractivity contribution < 1.29 is 22.7 Å². The van der Waals surface area contributed by atoms with Crippen molar-refractivity contribution in [3.8, 4) is 0 Å². The molecule has 0 saturated carbocycles. The zero-order valence-electron chi connectivity index (χ0n) is 17.8. The van der Waals surface area contributed by atoms with Gasteiger partial charge in [0.25, 0.3) is 0 Å². The molecule has 1 spiro atoms. The first-order chi connectivity index (χ1) is 15.3. The summed E-state index contributed by atoms with van der Waals surface area (Å²) in [5.41, 5.74) is 0.635. The molecule has 4 rings (SSSR count). The van der Waals surface area contributed by atoms with Crippen LogP contribution < -0.4 is 0 Å². The fourth-order valence-electron chi connectivity index (χ4n) is 4.08. The van der Waals surface area contributed by atoms with E-state index in [0.717, 1.165) is 11.1 Å². The molecule has 7 heteroatoms. The van der Waals surface area contributed by atoms with Gasteiger partial charge in [0.1, 0.15) is 0 Å². The average molecular weight is 452 g/mol. The Labute approximate surface area is 188 Å². The van der Waals surface area contributed by atoms with E-state index in [0.29, 0.717) is 17.7 Å². The summed E-state index contributed by atoms with van der Waals surface area (Å²) in [4.78, 5) is 26.3. The molecule has 2 aromatic carbocycles. The number of likely N-dealkylation sites (N-methyl/N-ethyl adjacent to an activating group) is 1. The Hall–Kier alpha value is -3.03. The quantitative estimate of drug-likeness (QED) is 0.674. The van der Waals surface area contributed by atoms with Crippen LogP contribution in [-0.2, 0) is 36.3 Å². The minimum absolute atomic E-state index is 0.0608. The van der Waals surface area contributed by atoms with E-state index in [9.17, 15) is 18.0 Å². The molecule has 0 radical (unpaired) electrons. The Bertz CT molecular complexity index is 1170. The van der Waals surface area contributed by atoms with Gasteiger partial charge in [-0.25, -0.2) is 8.42 Å². The fraction of sp³-hybridized carbons (Fsp3) is 0.280. The zero-order chi connectivity index (χ0) is 22.8. The lowest BCUT2D eigenvalue weighted by molar-refractivity contribution is -0.175. The monoisotopic (exact) mass is 451 g/mol. The summed E-state index contributed by atoms with van der Waals surface area (Å²) in [5.74, 6) is -0.628. The maximum atomic E-state index is 13.0. The molecule has 1 aliphatic carbocycles. The normalized spacial score (nSPS) is 20.2. The van der Waals surface area contributed by atoms with Crippen molar-refractivity contribution >= 4 is 21.5 Å². The summed E-state index contributed by atoms with van der Waals surface area (Å²) in [6.45, 7) is 0.233. The summed E-state index contributed by atoms with van der Waals surface area (Å²) in [5, 5.41) is 0. The smallest absolute Gasteiger partial charge is 0.230 e. The predicted octanol–water partition coefficient (Wildman–Crippen LogP) is 3.09. The number of sulfone groups is 1. The minimum atomic E-state index is -3.46. The van der Waals surface area contributed by atoms with Crippen LogP contribution in [0.5, 0.6) is 0 Å². The number of carbonyl (C=O) groups is 2. The van der Waals surface area contributed by atoms with Crippen LogP contribution in [0.2, 0.25) is 0 Å². The van der Waals surface area contributed by atoms with Gasteiger partial charge in [-0.15, -0.1) is 0 Å². The number of rotatable bonds is 6. The van der Waals surface area contributed by atoms with Gasteiger partial charge in [0.2, 0.25) is 5.91 Å². The van der Waals surface area contributed by atoms with Crippen LogP contribution in [0.3, 0.4) is 0 Å². The van der Waals surface area contributed by atoms with Crippen LogP contribution in [0.4, 0.5) is 0 Å². The minimum Gasteiger partial charge on any atom is -0.347 e. The lowest BCUT2D eigenvalue weighted by atomic mass is 9.93. The number of aryl methyl sites for hydroxylation is 1. The molecule has 32 heavy (non-hydrogen) atoms. The molecular weight excluding hydrogens is 426 g/mol. The predicted molar refractivity (Wildman–Crippen MR) is 120 cm³/mol. The number of benzene rings is 2. The van der Waals surface area contributed by atoms with Gasteiger partial charge in [-0.1, -0.05) is 42.5 Å². The Kier molecular flexibility index (Phi) is 6.13. The zero-order valence-corrected chi connectivity index (χ0v) is 18.6. The number of allylic oxidation sites excluding steroid dienone is 2. The number of ether oxygens (including phenoxy) is 1. The fourth-order valence-corrected chi connectivity index (χ4v) is 5.51. The molecule has 1 unspecified atom stereocenters. The van der Waals surface area contributed by atoms with E-state index in [-0.39, 0.29) is 30.0 Å². The maximum absolute atomic E-state index is 13.0. The second-order valence-corrected chi connectivity index (χ2v) is 10.1. The summed E-state index contributed by atoms with van der Waals surface area (Å²) in [7, 11) is -1.80. The summed E-state index contributed by atoms with van der Waals surface area (Å²) >= 11 is 0. The van der Waals surface area contributed by atoms with Crippen molar-refractivity contribution in [1.82, 2.24) is 4.90 Å². The second kappa shape index (κ2) is 8.84. The largest absolute Gasteiger partial charge is 0.347 e. The number of hydrogen-bond acceptors (Lipinski definition) is 5. The van der Waals surface area contributed by atoms with Crippen molar-refractivity contribution in [2.24, 2.45) is 5.92 Å². The molecule has 1 heterocycles. The third kappa shape index (κ3) is 4.45. The molecule has 1 saturated heterocycles. The van der Waals surface area contributed by atoms with Gasteiger partial charge in [-0.2, -0.15) is 0 Å². The van der Waals surface area contributed by atoms with E-state index in [1.807, 2.05) is 24.3 Å². The Morgan fingerprint density at radius 2 is 1.59 bits per heavy atom. The average Bonchev–Trinajstić information content (AvgIpc) is 2.80. The molecule has 0 bridgehead atoms. The van der Waals surface area contributed by atoms with E-state index in [1.165, 1.54) is 17.1 Å². The summed E-state index contributed by atoms with van der Waals surface area (Å²) < 4.78 is 31.7. The van der Waals surface area contributed by atoms with Crippen LogP contribution in [0.25, 0.3) is 0 Å². The molecule has 1 aliphatic heterocycles. The van der Waals surface area contributed by atoms with Gasteiger partial charge in [0.05, 0.1) is 23.2 Å². The van der Waals surface area contributed by atoms with Crippen LogP contribution in [0, 0.1) is 5.92 Å². The Morgan fingerprint density at radius 3 is 2.28 bits per heavy atom. The lowest BCUT2D eigenvalue weighted by Gasteiger charge is -2.44. The second-order valence-electron chi connectivity index (χ2n) is 8.11. The van der Waals surface area contributed by atoms with Crippen molar-refractivity contribution in [2.45, 2.75) is 29.2 Å².